The average Bonchev–Trinajstić information content (AvgIpc) is 2.71. The standard InChI is InChI=1S/C21H26N2O4S/c1-4-17-8-9-18(21(24)22-20-15(2)6-5-7-16(20)3)14-19(17)28(25,26)23-10-12-27-13-11-23/h5-9,14H,4,10-13H2,1-3H3,(H,22,24). The van der Waals surface area contributed by atoms with E-state index in [-0.39, 0.29) is 10.8 Å². The van der Waals surface area contributed by atoms with Crippen molar-refractivity contribution in [2.45, 2.75) is 32.1 Å². The minimum absolute atomic E-state index is 0.200. The summed E-state index contributed by atoms with van der Waals surface area (Å²) >= 11 is 0. The van der Waals surface area contributed by atoms with Gasteiger partial charge in [0.05, 0.1) is 18.1 Å². The second kappa shape index (κ2) is 8.43. The van der Waals surface area contributed by atoms with Crippen LogP contribution in [0.25, 0.3) is 0 Å². The summed E-state index contributed by atoms with van der Waals surface area (Å²) in [5.41, 5.74) is 3.70. The molecule has 1 fully saturated rings. The molecular weight excluding hydrogens is 376 g/mol. The second-order valence-electron chi connectivity index (χ2n) is 6.91. The Morgan fingerprint density at radius 1 is 1.11 bits per heavy atom. The highest BCUT2D eigenvalue weighted by Gasteiger charge is 2.29. The summed E-state index contributed by atoms with van der Waals surface area (Å²) in [6, 6.07) is 10.7. The number of amides is 1. The molecule has 1 aliphatic rings. The van der Waals surface area contributed by atoms with Crippen molar-refractivity contribution < 1.29 is 17.9 Å². The van der Waals surface area contributed by atoms with E-state index >= 15 is 0 Å². The Morgan fingerprint density at radius 3 is 2.36 bits per heavy atom. The van der Waals surface area contributed by atoms with Gasteiger partial charge in [-0.25, -0.2) is 8.42 Å². The summed E-state index contributed by atoms with van der Waals surface area (Å²) in [7, 11) is -3.68. The van der Waals surface area contributed by atoms with Crippen LogP contribution in [0.15, 0.2) is 41.3 Å². The molecule has 1 heterocycles. The molecule has 6 nitrogen and oxygen atoms in total. The van der Waals surface area contributed by atoms with E-state index in [1.54, 1.807) is 12.1 Å². The van der Waals surface area contributed by atoms with Gasteiger partial charge < -0.3 is 10.1 Å². The van der Waals surface area contributed by atoms with E-state index in [0.717, 1.165) is 16.8 Å². The quantitative estimate of drug-likeness (QED) is 0.834. The minimum atomic E-state index is -3.68. The van der Waals surface area contributed by atoms with E-state index < -0.39 is 10.0 Å². The molecule has 1 aliphatic heterocycles. The van der Waals surface area contributed by atoms with E-state index in [0.29, 0.717) is 43.9 Å². The number of aryl methyl sites for hydroxylation is 3. The minimum Gasteiger partial charge on any atom is -0.379 e. The zero-order valence-electron chi connectivity index (χ0n) is 16.5. The molecule has 0 atom stereocenters. The fraction of sp³-hybridized carbons (Fsp3) is 0.381. The van der Waals surface area contributed by atoms with Gasteiger partial charge in [-0.15, -0.1) is 0 Å². The predicted molar refractivity (Wildman–Crippen MR) is 109 cm³/mol. The van der Waals surface area contributed by atoms with Crippen molar-refractivity contribution in [3.8, 4) is 0 Å². The van der Waals surface area contributed by atoms with Crippen LogP contribution < -0.4 is 5.32 Å². The van der Waals surface area contributed by atoms with Crippen molar-refractivity contribution in [3.05, 3.63) is 58.7 Å². The average molecular weight is 403 g/mol. The number of rotatable bonds is 5. The number of nitrogens with zero attached hydrogens (tertiary/aromatic N) is 1. The zero-order valence-corrected chi connectivity index (χ0v) is 17.3. The molecule has 2 aromatic carbocycles. The Bertz CT molecular complexity index is 960. The first-order valence-electron chi connectivity index (χ1n) is 9.43. The molecule has 0 unspecified atom stereocenters. The fourth-order valence-electron chi connectivity index (χ4n) is 3.35. The van der Waals surface area contributed by atoms with Crippen molar-refractivity contribution in [2.24, 2.45) is 0 Å². The van der Waals surface area contributed by atoms with Crippen molar-refractivity contribution in [2.75, 3.05) is 31.6 Å². The smallest absolute Gasteiger partial charge is 0.255 e. The van der Waals surface area contributed by atoms with Gasteiger partial charge in [0.25, 0.3) is 5.91 Å². The van der Waals surface area contributed by atoms with Gasteiger partial charge in [0.2, 0.25) is 10.0 Å². The predicted octanol–water partition coefficient (Wildman–Crippen LogP) is 3.14. The number of para-hydroxylation sites is 1. The van der Waals surface area contributed by atoms with E-state index in [9.17, 15) is 13.2 Å². The summed E-state index contributed by atoms with van der Waals surface area (Å²) in [4.78, 5) is 13.0. The molecule has 2 aromatic rings. The van der Waals surface area contributed by atoms with E-state index in [2.05, 4.69) is 5.32 Å². The van der Waals surface area contributed by atoms with Crippen molar-refractivity contribution >= 4 is 21.6 Å². The van der Waals surface area contributed by atoms with Crippen molar-refractivity contribution in [1.82, 2.24) is 4.31 Å². The van der Waals surface area contributed by atoms with E-state index in [4.69, 9.17) is 4.74 Å². The number of hydrogen-bond acceptors (Lipinski definition) is 4. The van der Waals surface area contributed by atoms with Crippen LogP contribution in [0.2, 0.25) is 0 Å². The third-order valence-electron chi connectivity index (χ3n) is 5.02. The molecule has 28 heavy (non-hydrogen) atoms. The topological polar surface area (TPSA) is 75.7 Å². The molecule has 0 aliphatic carbocycles. The summed E-state index contributed by atoms with van der Waals surface area (Å²) in [5, 5.41) is 2.92. The van der Waals surface area contributed by atoms with Crippen LogP contribution in [-0.2, 0) is 21.2 Å². The first-order chi connectivity index (χ1) is 13.3. The highest BCUT2D eigenvalue weighted by atomic mass is 32.2. The van der Waals surface area contributed by atoms with Crippen molar-refractivity contribution in [3.63, 3.8) is 0 Å². The van der Waals surface area contributed by atoms with Crippen molar-refractivity contribution in [1.29, 1.82) is 0 Å². The molecule has 3 rings (SSSR count). The SMILES string of the molecule is CCc1ccc(C(=O)Nc2c(C)cccc2C)cc1S(=O)(=O)N1CCOCC1. The van der Waals surface area contributed by atoms with Crippen LogP contribution in [0.1, 0.15) is 34.0 Å². The molecule has 0 aromatic heterocycles. The van der Waals surface area contributed by atoms with Gasteiger partial charge in [-0.05, 0) is 49.1 Å². The number of morpholine rings is 1. The molecule has 1 amide bonds. The summed E-state index contributed by atoms with van der Waals surface area (Å²) in [5.74, 6) is -0.321. The Morgan fingerprint density at radius 2 is 1.75 bits per heavy atom. The molecule has 0 radical (unpaired) electrons. The van der Waals surface area contributed by atoms with Gasteiger partial charge in [-0.1, -0.05) is 31.2 Å². The first-order valence-corrected chi connectivity index (χ1v) is 10.9. The Kier molecular flexibility index (Phi) is 6.17. The zero-order chi connectivity index (χ0) is 20.3. The molecule has 1 saturated heterocycles. The van der Waals surface area contributed by atoms with Gasteiger partial charge in [0, 0.05) is 24.3 Å². The fourth-order valence-corrected chi connectivity index (χ4v) is 5.08. The maximum Gasteiger partial charge on any atom is 0.255 e. The highest BCUT2D eigenvalue weighted by Crippen LogP contribution is 2.25. The van der Waals surface area contributed by atoms with Gasteiger partial charge in [0.1, 0.15) is 0 Å². The van der Waals surface area contributed by atoms with Crippen LogP contribution in [0.5, 0.6) is 0 Å². The number of nitrogens with one attached hydrogen (secondary N) is 1. The summed E-state index contributed by atoms with van der Waals surface area (Å²) in [6.45, 7) is 7.17. The monoisotopic (exact) mass is 402 g/mol. The molecule has 7 heteroatoms. The lowest BCUT2D eigenvalue weighted by molar-refractivity contribution is 0.0730. The van der Waals surface area contributed by atoms with E-state index in [1.807, 2.05) is 39.0 Å². The molecule has 1 N–H and O–H groups in total. The second-order valence-corrected chi connectivity index (χ2v) is 8.82. The van der Waals surface area contributed by atoms with Gasteiger partial charge in [0.15, 0.2) is 0 Å². The first kappa shape index (κ1) is 20.5. The normalized spacial score (nSPS) is 15.4. The molecule has 150 valence electrons. The van der Waals surface area contributed by atoms with Gasteiger partial charge >= 0.3 is 0 Å². The highest BCUT2D eigenvalue weighted by molar-refractivity contribution is 7.89. The van der Waals surface area contributed by atoms with Crippen LogP contribution in [0.4, 0.5) is 5.69 Å². The number of anilines is 1. The molecule has 0 spiro atoms. The summed E-state index contributed by atoms with van der Waals surface area (Å²) in [6.07, 6.45) is 0.567. The number of hydrogen-bond donors (Lipinski definition) is 1. The Labute approximate surface area is 166 Å². The lowest BCUT2D eigenvalue weighted by Gasteiger charge is -2.27. The third kappa shape index (κ3) is 4.11. The third-order valence-corrected chi connectivity index (χ3v) is 7.00. The Balaban J connectivity index is 1.95. The number of carbonyl (C=O) groups is 1. The number of benzene rings is 2. The maximum atomic E-state index is 13.1. The van der Waals surface area contributed by atoms with Crippen LogP contribution >= 0.6 is 0 Å². The lowest BCUT2D eigenvalue weighted by atomic mass is 10.1. The van der Waals surface area contributed by atoms with E-state index in [1.165, 1.54) is 10.4 Å². The van der Waals surface area contributed by atoms with Crippen LogP contribution in [-0.4, -0.2) is 44.9 Å². The van der Waals surface area contributed by atoms with Gasteiger partial charge in [-0.3, -0.25) is 4.79 Å². The molecule has 0 saturated carbocycles. The Hall–Kier alpha value is -2.22. The number of carbonyl (C=O) groups excluding carboxylic acids is 1. The largest absolute Gasteiger partial charge is 0.379 e. The van der Waals surface area contributed by atoms with Crippen LogP contribution in [0, 0.1) is 13.8 Å². The maximum absolute atomic E-state index is 13.1. The number of sulfonamides is 1. The molecule has 0 bridgehead atoms. The van der Waals surface area contributed by atoms with Gasteiger partial charge in [-0.2, -0.15) is 4.31 Å². The van der Waals surface area contributed by atoms with Crippen LogP contribution in [0.3, 0.4) is 0 Å². The molecular formula is C21H26N2O4S. The lowest BCUT2D eigenvalue weighted by Crippen LogP contribution is -2.41. The number of ether oxygens (including phenoxy) is 1. The summed E-state index contributed by atoms with van der Waals surface area (Å²) < 4.78 is 33.0.